The van der Waals surface area contributed by atoms with E-state index < -0.39 is 34.9 Å². The molecule has 6 rings (SSSR count). The average molecular weight is 783 g/mol. The zero-order chi connectivity index (χ0) is 41.1. The Morgan fingerprint density at radius 3 is 2.26 bits per heavy atom. The number of ether oxygens (including phenoxy) is 4. The molecular weight excluding hydrogens is 732 g/mol. The van der Waals surface area contributed by atoms with Gasteiger partial charge in [0.15, 0.2) is 5.60 Å². The number of carbonyl (C=O) groups excluding carboxylic acids is 5. The minimum atomic E-state index is -1.42. The molecule has 1 saturated heterocycles. The van der Waals surface area contributed by atoms with Crippen molar-refractivity contribution in [2.45, 2.75) is 91.6 Å². The number of likely N-dealkylation sites (tertiary alicyclic amines) is 1. The number of amides is 2. The second kappa shape index (κ2) is 16.4. The van der Waals surface area contributed by atoms with Crippen LogP contribution in [0.4, 0.5) is 0 Å². The lowest BCUT2D eigenvalue weighted by atomic mass is 9.77. The SMILES string of the molecule is Cc1ccc2c(c1)Oc1cc(OC(=O)C(C)(C)C)ccc1C21OC(=O)c2ccc(C(=O)NCCCCCC(=O)N3CCC(C)(COC(=O)CCC(=O)O)CC3)cc21. The van der Waals surface area contributed by atoms with Gasteiger partial charge in [0, 0.05) is 59.8 Å². The number of rotatable bonds is 13. The topological polar surface area (TPSA) is 175 Å². The van der Waals surface area contributed by atoms with E-state index in [4.69, 9.17) is 24.1 Å². The number of unbranched alkanes of at least 4 members (excludes halogenated alkanes) is 2. The van der Waals surface area contributed by atoms with E-state index >= 15 is 0 Å². The van der Waals surface area contributed by atoms with Gasteiger partial charge in [-0.05, 0) is 95.3 Å². The number of fused-ring (bicyclic) bond motifs is 6. The van der Waals surface area contributed by atoms with Crippen LogP contribution in [0.5, 0.6) is 17.2 Å². The summed E-state index contributed by atoms with van der Waals surface area (Å²) in [5.74, 6) is -1.65. The summed E-state index contributed by atoms with van der Waals surface area (Å²) in [6.07, 6.45) is 3.41. The molecule has 1 atom stereocenters. The van der Waals surface area contributed by atoms with E-state index in [1.165, 1.54) is 0 Å². The normalized spacial score (nSPS) is 17.7. The number of hydrogen-bond acceptors (Lipinski definition) is 10. The third kappa shape index (κ3) is 8.97. The third-order valence-corrected chi connectivity index (χ3v) is 10.8. The minimum absolute atomic E-state index is 0.0666. The maximum absolute atomic E-state index is 13.5. The highest BCUT2D eigenvalue weighted by Crippen LogP contribution is 2.57. The van der Waals surface area contributed by atoms with Crippen molar-refractivity contribution in [3.05, 3.63) is 88.0 Å². The number of carboxylic acid groups (broad SMARTS) is 1. The van der Waals surface area contributed by atoms with Crippen LogP contribution < -0.4 is 14.8 Å². The Hall–Kier alpha value is -5.72. The lowest BCUT2D eigenvalue weighted by Crippen LogP contribution is -2.44. The van der Waals surface area contributed by atoms with E-state index in [1.54, 1.807) is 57.2 Å². The molecule has 2 amide bonds. The van der Waals surface area contributed by atoms with Crippen molar-refractivity contribution in [1.82, 2.24) is 10.2 Å². The molecule has 2 N–H and O–H groups in total. The summed E-state index contributed by atoms with van der Waals surface area (Å²) in [4.78, 5) is 76.9. The first-order chi connectivity index (χ1) is 27.0. The summed E-state index contributed by atoms with van der Waals surface area (Å²) >= 11 is 0. The van der Waals surface area contributed by atoms with Crippen molar-refractivity contribution in [1.29, 1.82) is 0 Å². The molecule has 57 heavy (non-hydrogen) atoms. The molecule has 3 heterocycles. The van der Waals surface area contributed by atoms with Gasteiger partial charge in [0.25, 0.3) is 5.91 Å². The zero-order valence-corrected chi connectivity index (χ0v) is 33.2. The number of benzene rings is 3. The molecule has 3 aliphatic heterocycles. The van der Waals surface area contributed by atoms with Crippen molar-refractivity contribution in [3.8, 4) is 17.2 Å². The Morgan fingerprint density at radius 2 is 1.56 bits per heavy atom. The first-order valence-corrected chi connectivity index (χ1v) is 19.5. The number of hydrogen-bond donors (Lipinski definition) is 2. The van der Waals surface area contributed by atoms with Crippen LogP contribution in [0.25, 0.3) is 0 Å². The maximum atomic E-state index is 13.5. The van der Waals surface area contributed by atoms with E-state index in [0.29, 0.717) is 91.1 Å². The van der Waals surface area contributed by atoms with Gasteiger partial charge >= 0.3 is 23.9 Å². The van der Waals surface area contributed by atoms with Gasteiger partial charge in [-0.2, -0.15) is 0 Å². The summed E-state index contributed by atoms with van der Waals surface area (Å²) in [5.41, 5.74) is 0.836. The molecule has 1 spiro atoms. The molecule has 0 aliphatic carbocycles. The fraction of sp³-hybridized carbons (Fsp3) is 0.455. The summed E-state index contributed by atoms with van der Waals surface area (Å²) < 4.78 is 23.6. The molecule has 0 saturated carbocycles. The summed E-state index contributed by atoms with van der Waals surface area (Å²) in [6, 6.07) is 15.5. The molecule has 1 unspecified atom stereocenters. The van der Waals surface area contributed by atoms with Gasteiger partial charge in [-0.25, -0.2) is 4.79 Å². The quantitative estimate of drug-likeness (QED) is 0.106. The van der Waals surface area contributed by atoms with Crippen molar-refractivity contribution in [2.75, 3.05) is 26.2 Å². The van der Waals surface area contributed by atoms with Crippen LogP contribution in [-0.2, 0) is 34.3 Å². The van der Waals surface area contributed by atoms with Crippen LogP contribution in [0.1, 0.15) is 122 Å². The first-order valence-electron chi connectivity index (χ1n) is 19.5. The molecule has 13 heteroatoms. The molecule has 3 aromatic rings. The van der Waals surface area contributed by atoms with Crippen molar-refractivity contribution >= 4 is 35.7 Å². The maximum Gasteiger partial charge on any atom is 0.340 e. The van der Waals surface area contributed by atoms with Crippen molar-refractivity contribution in [3.63, 3.8) is 0 Å². The fourth-order valence-electron chi connectivity index (χ4n) is 7.29. The molecule has 0 radical (unpaired) electrons. The van der Waals surface area contributed by atoms with Gasteiger partial charge in [-0.15, -0.1) is 0 Å². The number of nitrogens with zero attached hydrogens (tertiary/aromatic N) is 1. The molecule has 3 aromatic carbocycles. The highest BCUT2D eigenvalue weighted by molar-refractivity contribution is 6.00. The Kier molecular flexibility index (Phi) is 11.8. The number of nitrogens with one attached hydrogen (secondary N) is 1. The van der Waals surface area contributed by atoms with Crippen LogP contribution >= 0.6 is 0 Å². The molecule has 302 valence electrons. The predicted octanol–water partition coefficient (Wildman–Crippen LogP) is 6.84. The van der Waals surface area contributed by atoms with Crippen LogP contribution in [0, 0.1) is 17.8 Å². The van der Waals surface area contributed by atoms with Crippen molar-refractivity contribution < 1.29 is 52.8 Å². The minimum Gasteiger partial charge on any atom is -0.481 e. The molecular formula is C44H50N2O11. The Balaban J connectivity index is 1.05. The van der Waals surface area contributed by atoms with E-state index in [-0.39, 0.29) is 42.4 Å². The average Bonchev–Trinajstić information content (AvgIpc) is 3.45. The van der Waals surface area contributed by atoms with Crippen LogP contribution in [0.15, 0.2) is 54.6 Å². The summed E-state index contributed by atoms with van der Waals surface area (Å²) in [7, 11) is 0. The monoisotopic (exact) mass is 782 g/mol. The van der Waals surface area contributed by atoms with E-state index in [1.807, 2.05) is 36.9 Å². The smallest absolute Gasteiger partial charge is 0.340 e. The number of piperidine rings is 1. The number of aliphatic carboxylic acids is 1. The second-order valence-corrected chi connectivity index (χ2v) is 16.5. The number of aryl methyl sites for hydroxylation is 1. The largest absolute Gasteiger partial charge is 0.481 e. The highest BCUT2D eigenvalue weighted by Gasteiger charge is 2.54. The van der Waals surface area contributed by atoms with E-state index in [0.717, 1.165) is 12.0 Å². The standard InChI is InChI=1S/C44H50N2O11/c1-27-10-14-31-34(23-27)56-35-25-29(55-41(53)42(2,3)4)12-15-32(35)44(31)33-24-28(11-13-30(33)40(52)57-44)39(51)45-20-8-6-7-9-36(47)46-21-18-43(5,19-22-46)26-54-38(50)17-16-37(48)49/h10-15,23-25H,6-9,16-22,26H2,1-5H3,(H,45,51)(H,48,49). The van der Waals surface area contributed by atoms with Crippen molar-refractivity contribution in [2.24, 2.45) is 10.8 Å². The Morgan fingerprint density at radius 1 is 0.860 bits per heavy atom. The van der Waals surface area contributed by atoms with E-state index in [9.17, 15) is 28.8 Å². The van der Waals surface area contributed by atoms with Crippen LogP contribution in [-0.4, -0.2) is 71.9 Å². The second-order valence-electron chi connectivity index (χ2n) is 16.5. The fourth-order valence-corrected chi connectivity index (χ4v) is 7.29. The highest BCUT2D eigenvalue weighted by atomic mass is 16.6. The van der Waals surface area contributed by atoms with Gasteiger partial charge < -0.3 is 34.3 Å². The lowest BCUT2D eigenvalue weighted by molar-refractivity contribution is -0.151. The van der Waals surface area contributed by atoms with Crippen LogP contribution in [0.3, 0.4) is 0 Å². The van der Waals surface area contributed by atoms with Gasteiger partial charge in [-0.1, -0.05) is 25.5 Å². The Labute approximate surface area is 332 Å². The lowest BCUT2D eigenvalue weighted by Gasteiger charge is -2.39. The van der Waals surface area contributed by atoms with Gasteiger partial charge in [0.05, 0.1) is 30.4 Å². The predicted molar refractivity (Wildman–Crippen MR) is 207 cm³/mol. The molecule has 0 aromatic heterocycles. The number of carboxylic acids is 1. The first kappa shape index (κ1) is 40.9. The third-order valence-electron chi connectivity index (χ3n) is 10.8. The Bertz CT molecular complexity index is 2090. The van der Waals surface area contributed by atoms with Gasteiger partial charge in [0.2, 0.25) is 5.91 Å². The van der Waals surface area contributed by atoms with Crippen LogP contribution in [0.2, 0.25) is 0 Å². The van der Waals surface area contributed by atoms with Gasteiger partial charge in [0.1, 0.15) is 17.2 Å². The van der Waals surface area contributed by atoms with Gasteiger partial charge in [-0.3, -0.25) is 24.0 Å². The molecule has 1 fully saturated rings. The summed E-state index contributed by atoms with van der Waals surface area (Å²) in [6.45, 7) is 10.9. The molecule has 0 bridgehead atoms. The molecule has 13 nitrogen and oxygen atoms in total. The van der Waals surface area contributed by atoms with E-state index in [2.05, 4.69) is 5.32 Å². The number of carbonyl (C=O) groups is 6. The molecule has 3 aliphatic rings. The number of esters is 3. The zero-order valence-electron chi connectivity index (χ0n) is 33.2. The summed E-state index contributed by atoms with van der Waals surface area (Å²) in [5, 5.41) is 11.7.